The Kier molecular flexibility index (Phi) is 5.35. The minimum absolute atomic E-state index is 0.0824. The first-order valence-corrected chi connectivity index (χ1v) is 6.11. The summed E-state index contributed by atoms with van der Waals surface area (Å²) in [5, 5.41) is 15.5. The SMILES string of the molecule is CCCCCCNC(=O)c1cnn(C)c1C(=O)O. The molecule has 2 N–H and O–H groups in total. The van der Waals surface area contributed by atoms with Crippen LogP contribution in [0.2, 0.25) is 0 Å². The van der Waals surface area contributed by atoms with Crippen LogP contribution in [-0.4, -0.2) is 33.3 Å². The van der Waals surface area contributed by atoms with E-state index in [1.54, 1.807) is 0 Å². The van der Waals surface area contributed by atoms with E-state index in [2.05, 4.69) is 17.3 Å². The minimum Gasteiger partial charge on any atom is -0.477 e. The van der Waals surface area contributed by atoms with Crippen LogP contribution in [0.1, 0.15) is 53.5 Å². The van der Waals surface area contributed by atoms with Gasteiger partial charge in [-0.25, -0.2) is 4.79 Å². The van der Waals surface area contributed by atoms with Crippen molar-refractivity contribution in [1.29, 1.82) is 0 Å². The molecule has 1 aromatic heterocycles. The number of carbonyl (C=O) groups excluding carboxylic acids is 1. The highest BCUT2D eigenvalue weighted by Gasteiger charge is 2.20. The summed E-state index contributed by atoms with van der Waals surface area (Å²) in [4.78, 5) is 22.8. The first kappa shape index (κ1) is 14.2. The Balaban J connectivity index is 2.54. The maximum atomic E-state index is 11.8. The topological polar surface area (TPSA) is 84.2 Å². The maximum absolute atomic E-state index is 11.8. The Hall–Kier alpha value is -1.85. The zero-order valence-electron chi connectivity index (χ0n) is 10.8. The van der Waals surface area contributed by atoms with Crippen molar-refractivity contribution in [3.05, 3.63) is 17.5 Å². The Morgan fingerprint density at radius 3 is 2.72 bits per heavy atom. The molecule has 0 aliphatic heterocycles. The number of amides is 1. The second-order valence-corrected chi connectivity index (χ2v) is 4.15. The van der Waals surface area contributed by atoms with Gasteiger partial charge in [-0.05, 0) is 6.42 Å². The standard InChI is InChI=1S/C12H19N3O3/c1-3-4-5-6-7-13-11(16)9-8-14-15(2)10(9)12(17)18/h8H,3-7H2,1-2H3,(H,13,16)(H,17,18). The quantitative estimate of drug-likeness (QED) is 0.720. The monoisotopic (exact) mass is 253 g/mol. The van der Waals surface area contributed by atoms with E-state index in [9.17, 15) is 9.59 Å². The van der Waals surface area contributed by atoms with Gasteiger partial charge in [0.05, 0.1) is 11.8 Å². The van der Waals surface area contributed by atoms with Gasteiger partial charge in [0.1, 0.15) is 0 Å². The number of carboxylic acids is 1. The van der Waals surface area contributed by atoms with Crippen LogP contribution in [0.3, 0.4) is 0 Å². The number of hydrogen-bond acceptors (Lipinski definition) is 3. The van der Waals surface area contributed by atoms with Crippen LogP contribution in [0.15, 0.2) is 6.20 Å². The molecule has 0 atom stereocenters. The van der Waals surface area contributed by atoms with Gasteiger partial charge >= 0.3 is 5.97 Å². The fraction of sp³-hybridized carbons (Fsp3) is 0.583. The molecule has 0 saturated carbocycles. The maximum Gasteiger partial charge on any atom is 0.354 e. The summed E-state index contributed by atoms with van der Waals surface area (Å²) in [7, 11) is 1.50. The molecule has 0 unspecified atom stereocenters. The van der Waals surface area contributed by atoms with E-state index in [-0.39, 0.29) is 17.2 Å². The fourth-order valence-electron chi connectivity index (χ4n) is 1.71. The van der Waals surface area contributed by atoms with Gasteiger partial charge in [-0.3, -0.25) is 9.48 Å². The molecule has 6 nitrogen and oxygen atoms in total. The van der Waals surface area contributed by atoms with E-state index in [1.807, 2.05) is 0 Å². The molecular weight excluding hydrogens is 234 g/mol. The largest absolute Gasteiger partial charge is 0.477 e. The molecule has 0 aliphatic carbocycles. The lowest BCUT2D eigenvalue weighted by Gasteiger charge is -2.04. The van der Waals surface area contributed by atoms with E-state index >= 15 is 0 Å². The van der Waals surface area contributed by atoms with Gasteiger partial charge in [-0.2, -0.15) is 5.10 Å². The number of carboxylic acid groups (broad SMARTS) is 1. The molecule has 1 heterocycles. The van der Waals surface area contributed by atoms with Crippen LogP contribution in [0.5, 0.6) is 0 Å². The van der Waals surface area contributed by atoms with E-state index in [0.29, 0.717) is 6.54 Å². The number of aryl methyl sites for hydroxylation is 1. The summed E-state index contributed by atoms with van der Waals surface area (Å²) in [5.74, 6) is -1.52. The fourth-order valence-corrected chi connectivity index (χ4v) is 1.71. The molecule has 1 aromatic rings. The van der Waals surface area contributed by atoms with Gasteiger partial charge in [0.15, 0.2) is 5.69 Å². The predicted molar refractivity (Wildman–Crippen MR) is 66.6 cm³/mol. The molecule has 0 spiro atoms. The Morgan fingerprint density at radius 2 is 2.11 bits per heavy atom. The molecule has 0 fully saturated rings. The van der Waals surface area contributed by atoms with Crippen molar-refractivity contribution in [2.24, 2.45) is 7.05 Å². The lowest BCUT2D eigenvalue weighted by atomic mass is 10.2. The second kappa shape index (κ2) is 6.78. The van der Waals surface area contributed by atoms with Crippen molar-refractivity contribution in [1.82, 2.24) is 15.1 Å². The Labute approximate surface area is 106 Å². The molecule has 0 radical (unpaired) electrons. The lowest BCUT2D eigenvalue weighted by Crippen LogP contribution is -2.26. The number of nitrogens with zero attached hydrogens (tertiary/aromatic N) is 2. The van der Waals surface area contributed by atoms with Crippen molar-refractivity contribution in [3.63, 3.8) is 0 Å². The molecule has 1 rings (SSSR count). The summed E-state index contributed by atoms with van der Waals surface area (Å²) in [6.07, 6.45) is 5.53. The predicted octanol–water partition coefficient (Wildman–Crippen LogP) is 1.43. The molecule has 6 heteroatoms. The van der Waals surface area contributed by atoms with Gasteiger partial charge in [-0.15, -0.1) is 0 Å². The van der Waals surface area contributed by atoms with E-state index in [0.717, 1.165) is 25.7 Å². The number of aromatic nitrogens is 2. The van der Waals surface area contributed by atoms with Crippen molar-refractivity contribution in [2.75, 3.05) is 6.54 Å². The van der Waals surface area contributed by atoms with Gasteiger partial charge < -0.3 is 10.4 Å². The molecule has 0 aliphatic rings. The molecular formula is C12H19N3O3. The summed E-state index contributed by atoms with van der Waals surface area (Å²) in [6.45, 7) is 2.68. The van der Waals surface area contributed by atoms with E-state index < -0.39 is 5.97 Å². The van der Waals surface area contributed by atoms with Crippen molar-refractivity contribution in [3.8, 4) is 0 Å². The zero-order chi connectivity index (χ0) is 13.5. The van der Waals surface area contributed by atoms with Crippen LogP contribution < -0.4 is 5.32 Å². The van der Waals surface area contributed by atoms with Gasteiger partial charge in [0.2, 0.25) is 0 Å². The van der Waals surface area contributed by atoms with E-state index in [4.69, 9.17) is 5.11 Å². The first-order chi connectivity index (χ1) is 8.57. The highest BCUT2D eigenvalue weighted by Crippen LogP contribution is 2.07. The molecule has 1 amide bonds. The van der Waals surface area contributed by atoms with Crippen LogP contribution in [0.25, 0.3) is 0 Å². The van der Waals surface area contributed by atoms with Crippen LogP contribution in [0, 0.1) is 0 Å². The highest BCUT2D eigenvalue weighted by atomic mass is 16.4. The van der Waals surface area contributed by atoms with Gasteiger partial charge in [-0.1, -0.05) is 26.2 Å². The number of aromatic carboxylic acids is 1. The van der Waals surface area contributed by atoms with Crippen LogP contribution in [0.4, 0.5) is 0 Å². The van der Waals surface area contributed by atoms with E-state index in [1.165, 1.54) is 17.9 Å². The highest BCUT2D eigenvalue weighted by molar-refractivity contribution is 6.03. The first-order valence-electron chi connectivity index (χ1n) is 6.11. The number of nitrogens with one attached hydrogen (secondary N) is 1. The normalized spacial score (nSPS) is 10.3. The van der Waals surface area contributed by atoms with Gasteiger partial charge in [0.25, 0.3) is 5.91 Å². The van der Waals surface area contributed by atoms with Crippen molar-refractivity contribution < 1.29 is 14.7 Å². The summed E-state index contributed by atoms with van der Waals surface area (Å²) in [6, 6.07) is 0. The summed E-state index contributed by atoms with van der Waals surface area (Å²) >= 11 is 0. The smallest absolute Gasteiger partial charge is 0.354 e. The Bertz CT molecular complexity index is 426. The van der Waals surface area contributed by atoms with Crippen molar-refractivity contribution in [2.45, 2.75) is 32.6 Å². The second-order valence-electron chi connectivity index (χ2n) is 4.15. The number of rotatable bonds is 7. The van der Waals surface area contributed by atoms with Gasteiger partial charge in [0, 0.05) is 13.6 Å². The molecule has 0 aromatic carbocycles. The molecule has 0 saturated heterocycles. The minimum atomic E-state index is -1.15. The van der Waals surface area contributed by atoms with Crippen LogP contribution >= 0.6 is 0 Å². The number of hydrogen-bond donors (Lipinski definition) is 2. The molecule has 100 valence electrons. The average molecular weight is 253 g/mol. The van der Waals surface area contributed by atoms with Crippen molar-refractivity contribution >= 4 is 11.9 Å². The Morgan fingerprint density at radius 1 is 1.39 bits per heavy atom. The molecule has 0 bridgehead atoms. The number of carbonyl (C=O) groups is 2. The third-order valence-electron chi connectivity index (χ3n) is 2.70. The average Bonchev–Trinajstić information content (AvgIpc) is 2.70. The zero-order valence-corrected chi connectivity index (χ0v) is 10.8. The lowest BCUT2D eigenvalue weighted by molar-refractivity contribution is 0.0679. The summed E-state index contributed by atoms with van der Waals surface area (Å²) in [5.41, 5.74) is 0.0292. The van der Waals surface area contributed by atoms with Crippen LogP contribution in [-0.2, 0) is 7.05 Å². The number of unbranched alkanes of at least 4 members (excludes halogenated alkanes) is 3. The summed E-state index contributed by atoms with van der Waals surface area (Å²) < 4.78 is 1.19. The third kappa shape index (κ3) is 3.58. The third-order valence-corrected chi connectivity index (χ3v) is 2.70. The molecule has 18 heavy (non-hydrogen) atoms.